The molecule has 2 aromatic rings. The van der Waals surface area contributed by atoms with Crippen LogP contribution in [0.2, 0.25) is 0 Å². The molecule has 1 aliphatic heterocycles. The van der Waals surface area contributed by atoms with E-state index in [0.717, 1.165) is 6.42 Å². The maximum absolute atomic E-state index is 12.8. The summed E-state index contributed by atoms with van der Waals surface area (Å²) in [6, 6.07) is 11.3. The van der Waals surface area contributed by atoms with Gasteiger partial charge in [-0.3, -0.25) is 9.59 Å². The molecule has 7 nitrogen and oxygen atoms in total. The van der Waals surface area contributed by atoms with Crippen LogP contribution in [0.25, 0.3) is 0 Å². The summed E-state index contributed by atoms with van der Waals surface area (Å²) in [6.07, 6.45) is 7.94. The predicted molar refractivity (Wildman–Crippen MR) is 124 cm³/mol. The van der Waals surface area contributed by atoms with Crippen LogP contribution >= 0.6 is 0 Å². The molecule has 1 saturated carbocycles. The number of rotatable bonds is 7. The summed E-state index contributed by atoms with van der Waals surface area (Å²) in [5, 5.41) is 0. The van der Waals surface area contributed by atoms with E-state index in [9.17, 15) is 18.0 Å². The number of hydrogen-bond donors (Lipinski definition) is 0. The molecular weight excluding hydrogens is 440 g/mol. The van der Waals surface area contributed by atoms with Crippen molar-refractivity contribution in [2.24, 2.45) is 5.92 Å². The van der Waals surface area contributed by atoms with Crippen molar-refractivity contribution in [2.45, 2.75) is 55.6 Å². The number of carbonyl (C=O) groups excluding carboxylic acids is 2. The Morgan fingerprint density at radius 1 is 0.879 bits per heavy atom. The van der Waals surface area contributed by atoms with Gasteiger partial charge < -0.3 is 14.2 Å². The highest BCUT2D eigenvalue weighted by molar-refractivity contribution is 7.90. The maximum atomic E-state index is 12.8. The van der Waals surface area contributed by atoms with E-state index in [0.29, 0.717) is 38.5 Å². The molecule has 33 heavy (non-hydrogen) atoms. The zero-order valence-corrected chi connectivity index (χ0v) is 19.8. The van der Waals surface area contributed by atoms with Crippen molar-refractivity contribution in [3.05, 3.63) is 54.0 Å². The van der Waals surface area contributed by atoms with Gasteiger partial charge >= 0.3 is 0 Å². The average Bonchev–Trinajstić information content (AvgIpc) is 3.31. The Kier molecular flexibility index (Phi) is 7.53. The van der Waals surface area contributed by atoms with Crippen molar-refractivity contribution in [1.29, 1.82) is 0 Å². The van der Waals surface area contributed by atoms with Crippen LogP contribution in [0, 0.1) is 5.92 Å². The van der Waals surface area contributed by atoms with Crippen LogP contribution in [0.3, 0.4) is 0 Å². The summed E-state index contributed by atoms with van der Waals surface area (Å²) >= 11 is 0. The monoisotopic (exact) mass is 472 g/mol. The molecule has 2 amide bonds. The molecule has 0 radical (unpaired) electrons. The minimum atomic E-state index is -3.54. The Bertz CT molecular complexity index is 1050. The molecule has 0 spiro atoms. The van der Waals surface area contributed by atoms with Crippen molar-refractivity contribution < 1.29 is 22.4 Å². The standard InChI is InChI=1S/C25H32N2O5S/c28-24(14-11-20-7-3-1-4-8-20)26-15-17-27(18-16-26)25(29)23-13-12-21(32-23)19-33(30,31)22-9-5-2-6-10-22/h2,5-6,9-10,12-13,20H,1,3-4,7-8,11,14-19H2. The molecule has 0 unspecified atom stereocenters. The van der Waals surface area contributed by atoms with E-state index in [1.54, 1.807) is 41.3 Å². The molecule has 8 heteroatoms. The fourth-order valence-corrected chi connectivity index (χ4v) is 6.01. The lowest BCUT2D eigenvalue weighted by Gasteiger charge is -2.34. The molecule has 0 atom stereocenters. The van der Waals surface area contributed by atoms with Crippen LogP contribution in [0.5, 0.6) is 0 Å². The zero-order valence-electron chi connectivity index (χ0n) is 18.9. The van der Waals surface area contributed by atoms with Crippen molar-refractivity contribution >= 4 is 21.7 Å². The van der Waals surface area contributed by atoms with Crippen LogP contribution in [0.4, 0.5) is 0 Å². The third-order valence-corrected chi connectivity index (χ3v) is 8.37. The van der Waals surface area contributed by atoms with E-state index in [-0.39, 0.29) is 34.0 Å². The van der Waals surface area contributed by atoms with E-state index in [4.69, 9.17) is 4.42 Å². The number of amides is 2. The first-order chi connectivity index (χ1) is 15.9. The fourth-order valence-electron chi connectivity index (χ4n) is 4.75. The Balaban J connectivity index is 1.27. The van der Waals surface area contributed by atoms with E-state index in [1.165, 1.54) is 38.2 Å². The predicted octanol–water partition coefficient (Wildman–Crippen LogP) is 3.90. The minimum Gasteiger partial charge on any atom is -0.455 e. The van der Waals surface area contributed by atoms with Crippen LogP contribution < -0.4 is 0 Å². The van der Waals surface area contributed by atoms with Crippen LogP contribution in [0.15, 0.2) is 51.8 Å². The number of benzene rings is 1. The Labute approximate surface area is 195 Å². The molecular formula is C25H32N2O5S. The summed E-state index contributed by atoms with van der Waals surface area (Å²) in [5.41, 5.74) is 0. The number of hydrogen-bond acceptors (Lipinski definition) is 5. The largest absolute Gasteiger partial charge is 0.455 e. The summed E-state index contributed by atoms with van der Waals surface area (Å²) in [6.45, 7) is 1.94. The minimum absolute atomic E-state index is 0.130. The normalized spacial score (nSPS) is 17.8. The first-order valence-electron chi connectivity index (χ1n) is 11.9. The molecule has 178 valence electrons. The zero-order chi connectivity index (χ0) is 23.3. The van der Waals surface area contributed by atoms with Gasteiger partial charge in [0, 0.05) is 32.6 Å². The number of sulfone groups is 1. The van der Waals surface area contributed by atoms with Crippen LogP contribution in [-0.2, 0) is 20.4 Å². The number of carbonyl (C=O) groups is 2. The van der Waals surface area contributed by atoms with E-state index < -0.39 is 9.84 Å². The maximum Gasteiger partial charge on any atom is 0.289 e. The van der Waals surface area contributed by atoms with Gasteiger partial charge in [0.2, 0.25) is 5.91 Å². The van der Waals surface area contributed by atoms with E-state index in [2.05, 4.69) is 0 Å². The number of furan rings is 1. The smallest absolute Gasteiger partial charge is 0.289 e. The van der Waals surface area contributed by atoms with Gasteiger partial charge in [-0.25, -0.2) is 8.42 Å². The van der Waals surface area contributed by atoms with Crippen molar-refractivity contribution in [3.63, 3.8) is 0 Å². The summed E-state index contributed by atoms with van der Waals surface area (Å²) < 4.78 is 30.7. The summed E-state index contributed by atoms with van der Waals surface area (Å²) in [7, 11) is -3.54. The molecule has 4 rings (SSSR count). The Morgan fingerprint density at radius 2 is 1.55 bits per heavy atom. The Morgan fingerprint density at radius 3 is 2.24 bits per heavy atom. The van der Waals surface area contributed by atoms with Gasteiger partial charge in [0.05, 0.1) is 4.90 Å². The van der Waals surface area contributed by atoms with E-state index in [1.807, 2.05) is 4.90 Å². The molecule has 2 fully saturated rings. The molecule has 2 aliphatic rings. The van der Waals surface area contributed by atoms with Gasteiger partial charge in [0.15, 0.2) is 15.6 Å². The van der Waals surface area contributed by atoms with Gasteiger partial charge in [-0.1, -0.05) is 50.3 Å². The third kappa shape index (κ3) is 6.05. The van der Waals surface area contributed by atoms with Crippen molar-refractivity contribution in [3.8, 4) is 0 Å². The fraction of sp³-hybridized carbons (Fsp3) is 0.520. The molecule has 2 heterocycles. The van der Waals surface area contributed by atoms with Gasteiger partial charge in [0.25, 0.3) is 5.91 Å². The second-order valence-corrected chi connectivity index (χ2v) is 11.0. The second-order valence-electron chi connectivity index (χ2n) is 9.05. The first kappa shape index (κ1) is 23.5. The molecule has 1 aromatic heterocycles. The number of nitrogens with zero attached hydrogens (tertiary/aromatic N) is 2. The van der Waals surface area contributed by atoms with Crippen LogP contribution in [0.1, 0.15) is 61.3 Å². The molecule has 1 saturated heterocycles. The van der Waals surface area contributed by atoms with Gasteiger partial charge in [-0.15, -0.1) is 0 Å². The molecule has 0 bridgehead atoms. The Hall–Kier alpha value is -2.61. The molecule has 1 aliphatic carbocycles. The van der Waals surface area contributed by atoms with Crippen LogP contribution in [-0.4, -0.2) is 56.2 Å². The lowest BCUT2D eigenvalue weighted by molar-refractivity contribution is -0.133. The quantitative estimate of drug-likeness (QED) is 0.610. The first-order valence-corrected chi connectivity index (χ1v) is 13.5. The molecule has 1 aromatic carbocycles. The second kappa shape index (κ2) is 10.5. The SMILES string of the molecule is O=C(CCC1CCCCC1)N1CCN(C(=O)c2ccc(CS(=O)(=O)c3ccccc3)o2)CC1. The molecule has 0 N–H and O–H groups in total. The van der Waals surface area contributed by atoms with E-state index >= 15 is 0 Å². The highest BCUT2D eigenvalue weighted by Gasteiger charge is 2.27. The summed E-state index contributed by atoms with van der Waals surface area (Å²) in [4.78, 5) is 29.2. The topological polar surface area (TPSA) is 87.9 Å². The lowest BCUT2D eigenvalue weighted by Crippen LogP contribution is -2.50. The highest BCUT2D eigenvalue weighted by Crippen LogP contribution is 2.27. The van der Waals surface area contributed by atoms with Gasteiger partial charge in [-0.05, 0) is 36.6 Å². The van der Waals surface area contributed by atoms with Gasteiger partial charge in [0.1, 0.15) is 11.5 Å². The highest BCUT2D eigenvalue weighted by atomic mass is 32.2. The van der Waals surface area contributed by atoms with Crippen molar-refractivity contribution in [1.82, 2.24) is 9.80 Å². The average molecular weight is 473 g/mol. The van der Waals surface area contributed by atoms with Gasteiger partial charge in [-0.2, -0.15) is 0 Å². The van der Waals surface area contributed by atoms with Crippen molar-refractivity contribution in [2.75, 3.05) is 26.2 Å². The lowest BCUT2D eigenvalue weighted by atomic mass is 9.86. The third-order valence-electron chi connectivity index (χ3n) is 6.72. The summed E-state index contributed by atoms with van der Waals surface area (Å²) in [5.74, 6) is 0.660. The number of piperazine rings is 1.